The van der Waals surface area contributed by atoms with Gasteiger partial charge in [-0.15, -0.1) is 0 Å². The van der Waals surface area contributed by atoms with E-state index in [9.17, 15) is 4.39 Å². The van der Waals surface area contributed by atoms with Gasteiger partial charge in [0.15, 0.2) is 11.5 Å². The minimum absolute atomic E-state index is 0.301. The molecule has 0 saturated heterocycles. The number of hydrogen-bond donors (Lipinski definition) is 0. The number of aromatic nitrogens is 2. The number of hydrogen-bond acceptors (Lipinski definition) is 5. The molecule has 0 unspecified atom stereocenters. The minimum Gasteiger partial charge on any atom is -0.490 e. The van der Waals surface area contributed by atoms with Crippen LogP contribution in [0.3, 0.4) is 0 Å². The molecule has 0 saturated carbocycles. The first kappa shape index (κ1) is 17.0. The maximum atomic E-state index is 13.0. The van der Waals surface area contributed by atoms with Gasteiger partial charge in [0.25, 0.3) is 0 Å². The number of halogens is 1. The normalized spacial score (nSPS) is 10.7. The maximum Gasteiger partial charge on any atom is 0.231 e. The van der Waals surface area contributed by atoms with Gasteiger partial charge >= 0.3 is 0 Å². The summed E-state index contributed by atoms with van der Waals surface area (Å²) in [7, 11) is 0. The lowest BCUT2D eigenvalue weighted by atomic mass is 10.1. The Bertz CT molecular complexity index is 831. The number of benzene rings is 2. The number of rotatable bonds is 7. The number of ether oxygens (including phenoxy) is 2. The first-order chi connectivity index (χ1) is 12.2. The van der Waals surface area contributed by atoms with Crippen molar-refractivity contribution in [1.29, 1.82) is 0 Å². The minimum atomic E-state index is -0.301. The molecule has 25 heavy (non-hydrogen) atoms. The molecule has 0 atom stereocenters. The Morgan fingerprint density at radius 1 is 0.960 bits per heavy atom. The SMILES string of the molecule is CCOc1ccc(Cc2nc(-c3ccc(F)cc3)no2)cc1OCC. The Hall–Kier alpha value is -2.89. The summed E-state index contributed by atoms with van der Waals surface area (Å²) in [5.41, 5.74) is 1.68. The lowest BCUT2D eigenvalue weighted by Crippen LogP contribution is -1.99. The second-order valence-corrected chi connectivity index (χ2v) is 5.34. The summed E-state index contributed by atoms with van der Waals surface area (Å²) < 4.78 is 29.5. The molecular formula is C19H19FN2O3. The zero-order valence-corrected chi connectivity index (χ0v) is 14.2. The predicted molar refractivity (Wildman–Crippen MR) is 91.3 cm³/mol. The van der Waals surface area contributed by atoms with Gasteiger partial charge in [0.1, 0.15) is 5.82 Å². The van der Waals surface area contributed by atoms with Crippen LogP contribution in [0.15, 0.2) is 47.0 Å². The quantitative estimate of drug-likeness (QED) is 0.642. The fraction of sp³-hybridized carbons (Fsp3) is 0.263. The molecule has 0 aliphatic carbocycles. The molecule has 0 aliphatic heterocycles. The van der Waals surface area contributed by atoms with Gasteiger partial charge in [-0.05, 0) is 55.8 Å². The van der Waals surface area contributed by atoms with E-state index in [0.29, 0.717) is 48.4 Å². The van der Waals surface area contributed by atoms with E-state index < -0.39 is 0 Å². The molecule has 5 nitrogen and oxygen atoms in total. The van der Waals surface area contributed by atoms with Gasteiger partial charge in [0.05, 0.1) is 19.6 Å². The molecule has 6 heteroatoms. The average molecular weight is 342 g/mol. The van der Waals surface area contributed by atoms with Crippen molar-refractivity contribution in [2.45, 2.75) is 20.3 Å². The molecular weight excluding hydrogens is 323 g/mol. The van der Waals surface area contributed by atoms with Crippen LogP contribution in [-0.4, -0.2) is 23.4 Å². The summed E-state index contributed by atoms with van der Waals surface area (Å²) in [5.74, 6) is 2.02. The van der Waals surface area contributed by atoms with E-state index in [-0.39, 0.29) is 5.82 Å². The van der Waals surface area contributed by atoms with Gasteiger partial charge in [-0.3, -0.25) is 0 Å². The van der Waals surface area contributed by atoms with Crippen molar-refractivity contribution < 1.29 is 18.4 Å². The van der Waals surface area contributed by atoms with Crippen LogP contribution >= 0.6 is 0 Å². The summed E-state index contributed by atoms with van der Waals surface area (Å²) in [6.07, 6.45) is 0.473. The Balaban J connectivity index is 1.78. The van der Waals surface area contributed by atoms with E-state index in [4.69, 9.17) is 14.0 Å². The molecule has 0 spiro atoms. The second-order valence-electron chi connectivity index (χ2n) is 5.34. The summed E-state index contributed by atoms with van der Waals surface area (Å²) >= 11 is 0. The van der Waals surface area contributed by atoms with E-state index in [1.807, 2.05) is 32.0 Å². The highest BCUT2D eigenvalue weighted by Crippen LogP contribution is 2.29. The summed E-state index contributed by atoms with van der Waals surface area (Å²) in [5, 5.41) is 3.95. The fourth-order valence-electron chi connectivity index (χ4n) is 2.42. The lowest BCUT2D eigenvalue weighted by molar-refractivity contribution is 0.287. The fourth-order valence-corrected chi connectivity index (χ4v) is 2.42. The van der Waals surface area contributed by atoms with Crippen LogP contribution in [0.25, 0.3) is 11.4 Å². The molecule has 0 bridgehead atoms. The Labute approximate surface area is 145 Å². The Morgan fingerprint density at radius 3 is 2.40 bits per heavy atom. The largest absolute Gasteiger partial charge is 0.490 e. The molecule has 0 fully saturated rings. The second kappa shape index (κ2) is 7.79. The van der Waals surface area contributed by atoms with Crippen LogP contribution in [-0.2, 0) is 6.42 Å². The first-order valence-electron chi connectivity index (χ1n) is 8.16. The highest BCUT2D eigenvalue weighted by Gasteiger charge is 2.12. The molecule has 1 aromatic heterocycles. The van der Waals surface area contributed by atoms with Crippen molar-refractivity contribution in [1.82, 2.24) is 10.1 Å². The smallest absolute Gasteiger partial charge is 0.231 e. The van der Waals surface area contributed by atoms with Crippen molar-refractivity contribution in [2.75, 3.05) is 13.2 Å². The van der Waals surface area contributed by atoms with E-state index >= 15 is 0 Å². The molecule has 0 radical (unpaired) electrons. The van der Waals surface area contributed by atoms with Gasteiger partial charge in [-0.25, -0.2) is 4.39 Å². The molecule has 0 N–H and O–H groups in total. The Morgan fingerprint density at radius 2 is 1.68 bits per heavy atom. The van der Waals surface area contributed by atoms with Gasteiger partial charge in [0, 0.05) is 5.56 Å². The third-order valence-electron chi connectivity index (χ3n) is 3.53. The topological polar surface area (TPSA) is 57.4 Å². The lowest BCUT2D eigenvalue weighted by Gasteiger charge is -2.11. The monoisotopic (exact) mass is 342 g/mol. The highest BCUT2D eigenvalue weighted by molar-refractivity contribution is 5.53. The summed E-state index contributed by atoms with van der Waals surface area (Å²) in [4.78, 5) is 4.37. The average Bonchev–Trinajstić information content (AvgIpc) is 3.07. The first-order valence-corrected chi connectivity index (χ1v) is 8.16. The summed E-state index contributed by atoms with van der Waals surface area (Å²) in [6, 6.07) is 11.7. The van der Waals surface area contributed by atoms with Crippen LogP contribution in [0.5, 0.6) is 11.5 Å². The van der Waals surface area contributed by atoms with E-state index in [2.05, 4.69) is 10.1 Å². The summed E-state index contributed by atoms with van der Waals surface area (Å²) in [6.45, 7) is 4.98. The Kier molecular flexibility index (Phi) is 5.28. The standard InChI is InChI=1S/C19H19FN2O3/c1-3-23-16-10-5-13(11-17(16)24-4-2)12-18-21-19(22-25-18)14-6-8-15(20)9-7-14/h5-11H,3-4,12H2,1-2H3. The van der Waals surface area contributed by atoms with Crippen molar-refractivity contribution in [3.63, 3.8) is 0 Å². The van der Waals surface area contributed by atoms with Crippen LogP contribution in [0, 0.1) is 5.82 Å². The highest BCUT2D eigenvalue weighted by atomic mass is 19.1. The third kappa shape index (κ3) is 4.15. The van der Waals surface area contributed by atoms with Crippen molar-refractivity contribution in [3.8, 4) is 22.9 Å². The van der Waals surface area contributed by atoms with Gasteiger partial charge in [-0.2, -0.15) is 4.98 Å². The van der Waals surface area contributed by atoms with Crippen LogP contribution < -0.4 is 9.47 Å². The predicted octanol–water partition coefficient (Wildman–Crippen LogP) is 4.26. The van der Waals surface area contributed by atoms with Crippen LogP contribution in [0.1, 0.15) is 25.3 Å². The van der Waals surface area contributed by atoms with Crippen molar-refractivity contribution in [2.24, 2.45) is 0 Å². The molecule has 0 aliphatic rings. The number of nitrogens with zero attached hydrogens (tertiary/aromatic N) is 2. The van der Waals surface area contributed by atoms with Crippen LogP contribution in [0.2, 0.25) is 0 Å². The molecule has 2 aromatic carbocycles. The third-order valence-corrected chi connectivity index (χ3v) is 3.53. The maximum absolute atomic E-state index is 13.0. The van der Waals surface area contributed by atoms with Gasteiger partial charge in [-0.1, -0.05) is 11.2 Å². The van der Waals surface area contributed by atoms with Gasteiger partial charge < -0.3 is 14.0 Å². The molecule has 130 valence electrons. The van der Waals surface area contributed by atoms with E-state index in [0.717, 1.165) is 5.56 Å². The molecule has 0 amide bonds. The zero-order chi connectivity index (χ0) is 17.6. The zero-order valence-electron chi connectivity index (χ0n) is 14.2. The van der Waals surface area contributed by atoms with E-state index in [1.165, 1.54) is 12.1 Å². The van der Waals surface area contributed by atoms with Gasteiger partial charge in [0.2, 0.25) is 11.7 Å². The van der Waals surface area contributed by atoms with E-state index in [1.54, 1.807) is 12.1 Å². The van der Waals surface area contributed by atoms with Crippen molar-refractivity contribution >= 4 is 0 Å². The van der Waals surface area contributed by atoms with Crippen molar-refractivity contribution in [3.05, 3.63) is 59.7 Å². The molecule has 1 heterocycles. The molecule has 3 rings (SSSR count). The molecule has 3 aromatic rings. The van der Waals surface area contributed by atoms with Crippen LogP contribution in [0.4, 0.5) is 4.39 Å².